The molecule has 0 radical (unpaired) electrons. The van der Waals surface area contributed by atoms with Crippen LogP contribution in [0.3, 0.4) is 0 Å². The SMILES string of the molecule is COc1cc(OC)cc(C2C=C3c4ccccc4S(=O)(=O)N3C3CC(=O)O[C@@]23C)c1. The molecule has 0 aliphatic carbocycles. The zero-order valence-corrected chi connectivity index (χ0v) is 17.6. The van der Waals surface area contributed by atoms with Crippen LogP contribution in [0.2, 0.25) is 0 Å². The van der Waals surface area contributed by atoms with Gasteiger partial charge in [0.05, 0.1) is 37.3 Å². The Morgan fingerprint density at radius 1 is 1.10 bits per heavy atom. The van der Waals surface area contributed by atoms with Crippen molar-refractivity contribution in [3.05, 3.63) is 59.7 Å². The van der Waals surface area contributed by atoms with Gasteiger partial charge in [-0.2, -0.15) is 0 Å². The highest BCUT2D eigenvalue weighted by atomic mass is 32.2. The van der Waals surface area contributed by atoms with Crippen molar-refractivity contribution >= 4 is 21.7 Å². The van der Waals surface area contributed by atoms with Crippen LogP contribution in [0.1, 0.15) is 30.4 Å². The third-order valence-corrected chi connectivity index (χ3v) is 8.13. The molecule has 0 amide bonds. The second kappa shape index (κ2) is 6.25. The number of hydrogen-bond acceptors (Lipinski definition) is 6. The number of carbonyl (C=O) groups is 1. The average molecular weight is 427 g/mol. The molecule has 3 heterocycles. The number of carbonyl (C=O) groups excluding carboxylic acids is 1. The summed E-state index contributed by atoms with van der Waals surface area (Å²) in [4.78, 5) is 12.6. The molecule has 0 aromatic heterocycles. The van der Waals surface area contributed by atoms with Gasteiger partial charge in [-0.3, -0.25) is 9.10 Å². The first-order valence-electron chi connectivity index (χ1n) is 9.60. The van der Waals surface area contributed by atoms with Crippen molar-refractivity contribution in [1.29, 1.82) is 0 Å². The van der Waals surface area contributed by atoms with E-state index in [9.17, 15) is 13.2 Å². The maximum absolute atomic E-state index is 13.3. The van der Waals surface area contributed by atoms with Crippen LogP contribution in [-0.2, 0) is 19.6 Å². The van der Waals surface area contributed by atoms with Crippen molar-refractivity contribution in [2.45, 2.75) is 35.8 Å². The minimum absolute atomic E-state index is 0.00133. The molecule has 3 aliphatic heterocycles. The molecule has 1 fully saturated rings. The molecular formula is C22H21NO6S. The summed E-state index contributed by atoms with van der Waals surface area (Å²) < 4.78 is 44.7. The molecule has 2 aromatic carbocycles. The van der Waals surface area contributed by atoms with Gasteiger partial charge >= 0.3 is 5.97 Å². The minimum atomic E-state index is -3.77. The van der Waals surface area contributed by atoms with Gasteiger partial charge in [0, 0.05) is 17.5 Å². The fraction of sp³-hybridized carbons (Fsp3) is 0.318. The van der Waals surface area contributed by atoms with E-state index in [0.717, 1.165) is 5.56 Å². The van der Waals surface area contributed by atoms with E-state index in [-0.39, 0.29) is 17.2 Å². The number of rotatable bonds is 3. The van der Waals surface area contributed by atoms with E-state index in [2.05, 4.69) is 0 Å². The first-order valence-corrected chi connectivity index (χ1v) is 11.0. The van der Waals surface area contributed by atoms with Crippen LogP contribution in [-0.4, -0.2) is 44.6 Å². The summed E-state index contributed by atoms with van der Waals surface area (Å²) in [5.41, 5.74) is 0.979. The molecule has 0 N–H and O–H groups in total. The summed E-state index contributed by atoms with van der Waals surface area (Å²) in [5.74, 6) is 0.414. The molecule has 30 heavy (non-hydrogen) atoms. The topological polar surface area (TPSA) is 82.1 Å². The normalized spacial score (nSPS) is 28.2. The van der Waals surface area contributed by atoms with Crippen molar-refractivity contribution in [2.24, 2.45) is 0 Å². The first-order chi connectivity index (χ1) is 14.3. The Balaban J connectivity index is 1.77. The average Bonchev–Trinajstić information content (AvgIpc) is 3.16. The van der Waals surface area contributed by atoms with Crippen molar-refractivity contribution in [3.8, 4) is 11.5 Å². The van der Waals surface area contributed by atoms with Crippen molar-refractivity contribution in [1.82, 2.24) is 4.31 Å². The number of methoxy groups -OCH3 is 2. The number of hydrogen-bond donors (Lipinski definition) is 0. The Labute approximate surface area is 174 Å². The maximum atomic E-state index is 13.3. The number of fused-ring (bicyclic) bond motifs is 5. The van der Waals surface area contributed by atoms with Crippen molar-refractivity contribution in [3.63, 3.8) is 0 Å². The van der Waals surface area contributed by atoms with Gasteiger partial charge in [0.15, 0.2) is 0 Å². The summed E-state index contributed by atoms with van der Waals surface area (Å²) in [6, 6.07) is 11.8. The van der Waals surface area contributed by atoms with E-state index in [4.69, 9.17) is 14.2 Å². The second-order valence-electron chi connectivity index (χ2n) is 7.85. The summed E-state index contributed by atoms with van der Waals surface area (Å²) in [5, 5.41) is 0. The van der Waals surface area contributed by atoms with Gasteiger partial charge in [-0.25, -0.2) is 8.42 Å². The second-order valence-corrected chi connectivity index (χ2v) is 9.63. The predicted molar refractivity (Wildman–Crippen MR) is 109 cm³/mol. The highest BCUT2D eigenvalue weighted by Crippen LogP contribution is 2.55. The lowest BCUT2D eigenvalue weighted by Crippen LogP contribution is -2.53. The molecule has 156 valence electrons. The van der Waals surface area contributed by atoms with E-state index in [1.165, 1.54) is 4.31 Å². The fourth-order valence-corrected chi connectivity index (χ4v) is 6.77. The fourth-order valence-electron chi connectivity index (χ4n) is 4.82. The van der Waals surface area contributed by atoms with Gasteiger partial charge in [-0.05, 0) is 36.8 Å². The summed E-state index contributed by atoms with van der Waals surface area (Å²) in [7, 11) is -0.632. The number of nitrogens with zero attached hydrogens (tertiary/aromatic N) is 1. The number of ether oxygens (including phenoxy) is 3. The lowest BCUT2D eigenvalue weighted by molar-refractivity contribution is -0.149. The number of sulfonamides is 1. The van der Waals surface area contributed by atoms with Crippen LogP contribution in [0, 0.1) is 0 Å². The van der Waals surface area contributed by atoms with Gasteiger partial charge < -0.3 is 14.2 Å². The van der Waals surface area contributed by atoms with Crippen LogP contribution >= 0.6 is 0 Å². The smallest absolute Gasteiger partial charge is 0.308 e. The Morgan fingerprint density at radius 3 is 2.43 bits per heavy atom. The zero-order chi connectivity index (χ0) is 21.3. The van der Waals surface area contributed by atoms with Crippen LogP contribution in [0.4, 0.5) is 0 Å². The molecule has 0 bridgehead atoms. The highest BCUT2D eigenvalue weighted by Gasteiger charge is 2.61. The van der Waals surface area contributed by atoms with Crippen LogP contribution in [0.15, 0.2) is 53.4 Å². The van der Waals surface area contributed by atoms with E-state index in [0.29, 0.717) is 22.8 Å². The Bertz CT molecular complexity index is 1180. The van der Waals surface area contributed by atoms with Gasteiger partial charge in [-0.15, -0.1) is 0 Å². The molecule has 8 heteroatoms. The Morgan fingerprint density at radius 2 is 1.77 bits per heavy atom. The molecule has 3 aliphatic rings. The van der Waals surface area contributed by atoms with Crippen LogP contribution in [0.5, 0.6) is 11.5 Å². The van der Waals surface area contributed by atoms with E-state index < -0.39 is 27.6 Å². The Hall–Kier alpha value is -3.00. The van der Waals surface area contributed by atoms with Crippen LogP contribution in [0.25, 0.3) is 5.70 Å². The summed E-state index contributed by atoms with van der Waals surface area (Å²) in [6.07, 6.45) is 1.88. The maximum Gasteiger partial charge on any atom is 0.308 e. The molecule has 3 atom stereocenters. The highest BCUT2D eigenvalue weighted by molar-refractivity contribution is 7.90. The molecule has 1 saturated heterocycles. The Kier molecular flexibility index (Phi) is 3.96. The molecule has 0 spiro atoms. The largest absolute Gasteiger partial charge is 0.497 e. The lowest BCUT2D eigenvalue weighted by Gasteiger charge is -2.44. The minimum Gasteiger partial charge on any atom is -0.497 e. The monoisotopic (exact) mass is 427 g/mol. The van der Waals surface area contributed by atoms with Gasteiger partial charge in [0.25, 0.3) is 10.0 Å². The summed E-state index contributed by atoms with van der Waals surface area (Å²) in [6.45, 7) is 1.80. The van der Waals surface area contributed by atoms with Crippen molar-refractivity contribution in [2.75, 3.05) is 14.2 Å². The van der Waals surface area contributed by atoms with Gasteiger partial charge in [-0.1, -0.05) is 18.2 Å². The lowest BCUT2D eigenvalue weighted by atomic mass is 9.75. The third-order valence-electron chi connectivity index (χ3n) is 6.25. The first kappa shape index (κ1) is 19.0. The molecule has 2 unspecified atom stereocenters. The standard InChI is InChI=1S/C22H21NO6S/c1-22-17(13-8-14(27-2)10-15(9-13)28-3)11-18-16-6-4-5-7-19(16)30(25,26)23(18)20(22)12-21(24)29-22/h4-11,17,20H,12H2,1-3H3/t17?,20?,22-/m0/s1. The van der Waals surface area contributed by atoms with Crippen LogP contribution < -0.4 is 9.47 Å². The zero-order valence-electron chi connectivity index (χ0n) is 16.8. The number of benzene rings is 2. The van der Waals surface area contributed by atoms with E-state index >= 15 is 0 Å². The molecule has 2 aromatic rings. The van der Waals surface area contributed by atoms with Crippen molar-refractivity contribution < 1.29 is 27.4 Å². The van der Waals surface area contributed by atoms with Gasteiger partial charge in [0.2, 0.25) is 0 Å². The third kappa shape index (κ3) is 2.43. The van der Waals surface area contributed by atoms with Gasteiger partial charge in [0.1, 0.15) is 17.1 Å². The van der Waals surface area contributed by atoms with E-state index in [1.54, 1.807) is 45.4 Å². The molecular weight excluding hydrogens is 406 g/mol. The van der Waals surface area contributed by atoms with E-state index in [1.807, 2.05) is 24.3 Å². The summed E-state index contributed by atoms with van der Waals surface area (Å²) >= 11 is 0. The molecule has 7 nitrogen and oxygen atoms in total. The predicted octanol–water partition coefficient (Wildman–Crippen LogP) is 2.92. The quantitative estimate of drug-likeness (QED) is 0.701. The molecule has 5 rings (SSSR count). The number of esters is 1. The molecule has 0 saturated carbocycles.